The molecule has 1 saturated heterocycles. The van der Waals surface area contributed by atoms with E-state index in [1.165, 1.54) is 18.1 Å². The van der Waals surface area contributed by atoms with Crippen LogP contribution in [0.1, 0.15) is 22.6 Å². The molecule has 0 unspecified atom stereocenters. The van der Waals surface area contributed by atoms with Gasteiger partial charge in [0.05, 0.1) is 12.3 Å². The van der Waals surface area contributed by atoms with Crippen molar-refractivity contribution in [3.05, 3.63) is 68.0 Å². The number of hydrogen-bond donors (Lipinski definition) is 2. The first-order valence-corrected chi connectivity index (χ1v) is 8.63. The van der Waals surface area contributed by atoms with Crippen LogP contribution in [0.2, 0.25) is 0 Å². The normalized spacial score (nSPS) is 19.3. The highest BCUT2D eigenvalue weighted by Gasteiger charge is 2.40. The molecule has 2 atom stereocenters. The summed E-state index contributed by atoms with van der Waals surface area (Å²) < 4.78 is 0.906. The molecule has 0 aliphatic carbocycles. The Kier molecular flexibility index (Phi) is 4.98. The minimum absolute atomic E-state index is 0.0941. The molecule has 0 radical (unpaired) electrons. The third kappa shape index (κ3) is 3.55. The van der Waals surface area contributed by atoms with E-state index in [1.807, 2.05) is 31.2 Å². The van der Waals surface area contributed by atoms with Gasteiger partial charge in [0.1, 0.15) is 0 Å². The molecule has 2 aromatic rings. The number of aliphatic carboxylic acids is 1. The topological polar surface area (TPSA) is 112 Å². The van der Waals surface area contributed by atoms with E-state index >= 15 is 0 Å². The first-order valence-electron chi connectivity index (χ1n) is 8.63. The summed E-state index contributed by atoms with van der Waals surface area (Å²) >= 11 is 0. The fourth-order valence-electron chi connectivity index (χ4n) is 3.59. The van der Waals surface area contributed by atoms with E-state index in [1.54, 1.807) is 0 Å². The lowest BCUT2D eigenvalue weighted by atomic mass is 9.86. The second-order valence-electron chi connectivity index (χ2n) is 6.87. The number of aryl methyl sites for hydroxylation is 1. The second-order valence-corrected chi connectivity index (χ2v) is 6.87. The lowest BCUT2D eigenvalue weighted by Crippen LogP contribution is -2.37. The number of carbonyl (C=O) groups is 2. The highest BCUT2D eigenvalue weighted by Crippen LogP contribution is 2.34. The Morgan fingerprint density at radius 1 is 1.22 bits per heavy atom. The van der Waals surface area contributed by atoms with E-state index in [4.69, 9.17) is 0 Å². The largest absolute Gasteiger partial charge is 0.481 e. The predicted octanol–water partition coefficient (Wildman–Crippen LogP) is 0.251. The zero-order chi connectivity index (χ0) is 19.7. The predicted molar refractivity (Wildman–Crippen MR) is 97.6 cm³/mol. The molecule has 2 N–H and O–H groups in total. The summed E-state index contributed by atoms with van der Waals surface area (Å²) in [5, 5.41) is 9.61. The van der Waals surface area contributed by atoms with Crippen molar-refractivity contribution in [2.75, 3.05) is 13.1 Å². The van der Waals surface area contributed by atoms with Crippen molar-refractivity contribution in [2.45, 2.75) is 19.3 Å². The van der Waals surface area contributed by atoms with Gasteiger partial charge in [-0.3, -0.25) is 19.0 Å². The molecule has 3 rings (SSSR count). The van der Waals surface area contributed by atoms with Gasteiger partial charge in [-0.15, -0.1) is 0 Å². The molecule has 1 aromatic carbocycles. The maximum absolute atomic E-state index is 12.7. The Balaban J connectivity index is 1.84. The molecule has 0 bridgehead atoms. The summed E-state index contributed by atoms with van der Waals surface area (Å²) in [6.45, 7) is 2.30. The zero-order valence-corrected chi connectivity index (χ0v) is 15.1. The minimum Gasteiger partial charge on any atom is -0.481 e. The average molecular weight is 371 g/mol. The number of carboxylic acid groups (broad SMARTS) is 1. The van der Waals surface area contributed by atoms with Gasteiger partial charge < -0.3 is 15.0 Å². The average Bonchev–Trinajstić information content (AvgIpc) is 3.08. The summed E-state index contributed by atoms with van der Waals surface area (Å²) in [5.74, 6) is -2.28. The van der Waals surface area contributed by atoms with Gasteiger partial charge in [0, 0.05) is 37.8 Å². The number of H-pyrrole nitrogens is 1. The highest BCUT2D eigenvalue weighted by molar-refractivity contribution is 5.81. The van der Waals surface area contributed by atoms with Crippen LogP contribution in [0.25, 0.3) is 0 Å². The fraction of sp³-hybridized carbons (Fsp3) is 0.368. The fourth-order valence-corrected chi connectivity index (χ4v) is 3.59. The van der Waals surface area contributed by atoms with Crippen molar-refractivity contribution >= 4 is 11.9 Å². The van der Waals surface area contributed by atoms with Crippen molar-refractivity contribution in [3.8, 4) is 0 Å². The maximum Gasteiger partial charge on any atom is 0.328 e. The zero-order valence-electron chi connectivity index (χ0n) is 15.1. The summed E-state index contributed by atoms with van der Waals surface area (Å²) in [4.78, 5) is 51.9. The molecule has 1 fully saturated rings. The van der Waals surface area contributed by atoms with E-state index in [0.717, 1.165) is 15.7 Å². The van der Waals surface area contributed by atoms with Gasteiger partial charge >= 0.3 is 11.7 Å². The maximum atomic E-state index is 12.7. The molecule has 0 spiro atoms. The molecule has 1 amide bonds. The molecule has 8 heteroatoms. The van der Waals surface area contributed by atoms with Crippen LogP contribution in [-0.4, -0.2) is 44.5 Å². The third-order valence-corrected chi connectivity index (χ3v) is 5.17. The van der Waals surface area contributed by atoms with Crippen molar-refractivity contribution in [1.82, 2.24) is 14.5 Å². The van der Waals surface area contributed by atoms with Gasteiger partial charge in [-0.25, -0.2) is 4.79 Å². The van der Waals surface area contributed by atoms with Crippen molar-refractivity contribution in [2.24, 2.45) is 13.0 Å². The van der Waals surface area contributed by atoms with Gasteiger partial charge in [0.25, 0.3) is 5.56 Å². The van der Waals surface area contributed by atoms with E-state index in [-0.39, 0.29) is 36.9 Å². The van der Waals surface area contributed by atoms with E-state index in [2.05, 4.69) is 4.98 Å². The molecule has 0 saturated carbocycles. The van der Waals surface area contributed by atoms with Gasteiger partial charge in [-0.2, -0.15) is 0 Å². The Morgan fingerprint density at radius 3 is 2.59 bits per heavy atom. The van der Waals surface area contributed by atoms with Gasteiger partial charge in [0.2, 0.25) is 5.91 Å². The van der Waals surface area contributed by atoms with Gasteiger partial charge in [0.15, 0.2) is 0 Å². The van der Waals surface area contributed by atoms with E-state index < -0.39 is 23.1 Å². The minimum atomic E-state index is -0.946. The summed E-state index contributed by atoms with van der Waals surface area (Å²) in [6, 6.07) is 7.55. The molecule has 27 heavy (non-hydrogen) atoms. The quantitative estimate of drug-likeness (QED) is 0.800. The van der Waals surface area contributed by atoms with Crippen LogP contribution in [0.3, 0.4) is 0 Å². The monoisotopic (exact) mass is 371 g/mol. The molecule has 142 valence electrons. The number of carboxylic acids is 1. The number of aromatic nitrogens is 2. The van der Waals surface area contributed by atoms with Crippen LogP contribution in [0, 0.1) is 12.8 Å². The number of amides is 1. The second kappa shape index (κ2) is 7.22. The van der Waals surface area contributed by atoms with Crippen LogP contribution >= 0.6 is 0 Å². The number of likely N-dealkylation sites (tertiary alicyclic amines) is 1. The first kappa shape index (κ1) is 18.6. The summed E-state index contributed by atoms with van der Waals surface area (Å²) in [7, 11) is 1.33. The highest BCUT2D eigenvalue weighted by atomic mass is 16.4. The Hall–Kier alpha value is -3.16. The number of hydrogen-bond acceptors (Lipinski definition) is 4. The third-order valence-electron chi connectivity index (χ3n) is 5.17. The summed E-state index contributed by atoms with van der Waals surface area (Å²) in [5.41, 5.74) is 0.991. The Morgan fingerprint density at radius 2 is 1.93 bits per heavy atom. The lowest BCUT2D eigenvalue weighted by molar-refractivity contribution is -0.141. The number of nitrogens with zero attached hydrogens (tertiary/aromatic N) is 2. The van der Waals surface area contributed by atoms with E-state index in [9.17, 15) is 24.3 Å². The van der Waals surface area contributed by atoms with Crippen molar-refractivity contribution in [3.63, 3.8) is 0 Å². The lowest BCUT2D eigenvalue weighted by Gasteiger charge is -2.18. The van der Waals surface area contributed by atoms with E-state index in [0.29, 0.717) is 0 Å². The molecular formula is C19H21N3O5. The molecule has 1 aliphatic rings. The standard InChI is InChI=1S/C19H21N3O5/c1-11-5-3-4-6-13(11)14-9-22(10-15(14)18(25)26)16(23)7-12-8-20-19(27)21(2)17(12)24/h3-6,8,14-15H,7,9-10H2,1-2H3,(H,20,27)(H,25,26)/t14-,15+/m1/s1. The van der Waals surface area contributed by atoms with Gasteiger partial charge in [-0.05, 0) is 18.1 Å². The van der Waals surface area contributed by atoms with Crippen LogP contribution in [-0.2, 0) is 23.1 Å². The summed E-state index contributed by atoms with van der Waals surface area (Å²) in [6.07, 6.45) is 1.06. The Labute approximate surface area is 155 Å². The van der Waals surface area contributed by atoms with Crippen LogP contribution in [0.4, 0.5) is 0 Å². The number of carbonyl (C=O) groups excluding carboxylic acids is 1. The molecule has 1 aliphatic heterocycles. The molecule has 8 nitrogen and oxygen atoms in total. The number of rotatable bonds is 4. The SMILES string of the molecule is Cc1ccccc1[C@H]1CN(C(=O)Cc2c[nH]c(=O)n(C)c2=O)C[C@@H]1C(=O)O. The molecule has 1 aromatic heterocycles. The molecule has 2 heterocycles. The first-order chi connectivity index (χ1) is 12.8. The van der Waals surface area contributed by atoms with Crippen molar-refractivity contribution in [1.29, 1.82) is 0 Å². The number of aromatic amines is 1. The van der Waals surface area contributed by atoms with Crippen LogP contribution < -0.4 is 11.2 Å². The smallest absolute Gasteiger partial charge is 0.328 e. The Bertz CT molecular complexity index is 1010. The number of benzene rings is 1. The molecular weight excluding hydrogens is 350 g/mol. The van der Waals surface area contributed by atoms with Gasteiger partial charge in [-0.1, -0.05) is 24.3 Å². The van der Waals surface area contributed by atoms with Crippen LogP contribution in [0.5, 0.6) is 0 Å². The number of nitrogens with one attached hydrogen (secondary N) is 1. The van der Waals surface area contributed by atoms with Crippen molar-refractivity contribution < 1.29 is 14.7 Å². The van der Waals surface area contributed by atoms with Crippen LogP contribution in [0.15, 0.2) is 40.1 Å².